The Kier molecular flexibility index (Phi) is 31.8. The summed E-state index contributed by atoms with van der Waals surface area (Å²) in [4.78, 5) is 49.9. The van der Waals surface area contributed by atoms with Gasteiger partial charge in [0.05, 0.1) is 35.4 Å². The lowest BCUT2D eigenvalue weighted by molar-refractivity contribution is -0.196. The van der Waals surface area contributed by atoms with Crippen LogP contribution in [0.1, 0.15) is 0 Å². The van der Waals surface area contributed by atoms with Crippen LogP contribution in [0, 0.1) is 0 Å². The van der Waals surface area contributed by atoms with Crippen molar-refractivity contribution in [3.05, 3.63) is 0 Å². The van der Waals surface area contributed by atoms with Gasteiger partial charge >= 0.3 is 12.2 Å². The molecule has 0 saturated heterocycles. The summed E-state index contributed by atoms with van der Waals surface area (Å²) in [6.07, 6.45) is 1.21. The number of amides is 2. The molecule has 0 radical (unpaired) electrons. The first-order valence-electron chi connectivity index (χ1n) is 9.81. The fourth-order valence-electron chi connectivity index (χ4n) is 1.31. The van der Waals surface area contributed by atoms with Crippen molar-refractivity contribution in [2.45, 2.75) is 0 Å². The number of nitrogens with zero attached hydrogens (tertiary/aromatic N) is 2. The van der Waals surface area contributed by atoms with Crippen LogP contribution in [0.3, 0.4) is 0 Å². The number of carbonyl (C=O) groups excluding carboxylic acids is 2. The highest BCUT2D eigenvalue weighted by Gasteiger charge is 2.02. The van der Waals surface area contributed by atoms with Gasteiger partial charge in [-0.3, -0.25) is 0 Å². The van der Waals surface area contributed by atoms with Crippen LogP contribution in [-0.4, -0.2) is 105 Å². The van der Waals surface area contributed by atoms with Gasteiger partial charge in [-0.25, -0.2) is 19.6 Å². The van der Waals surface area contributed by atoms with E-state index in [4.69, 9.17) is 39.2 Å². The van der Waals surface area contributed by atoms with Gasteiger partial charge in [0.1, 0.15) is 23.8 Å². The summed E-state index contributed by atoms with van der Waals surface area (Å²) < 4.78 is 9.86. The van der Waals surface area contributed by atoms with Crippen LogP contribution in [-0.2, 0) is 29.0 Å². The van der Waals surface area contributed by atoms with Crippen molar-refractivity contribution in [2.75, 3.05) is 69.3 Å². The Labute approximate surface area is 244 Å². The summed E-state index contributed by atoms with van der Waals surface area (Å²) in [7, 11) is 0. The molecule has 216 valence electrons. The minimum absolute atomic E-state index is 0.0390. The molecular formula is C16H30N4O10S7. The number of hydrogen-bond donors (Lipinski definition) is 4. The molecule has 21 heteroatoms. The van der Waals surface area contributed by atoms with E-state index in [0.717, 1.165) is 6.40 Å². The van der Waals surface area contributed by atoms with Gasteiger partial charge in [0, 0.05) is 10.2 Å². The molecule has 0 aromatic heterocycles. The first kappa shape index (κ1) is 36.8. The van der Waals surface area contributed by atoms with Crippen LogP contribution in [0.4, 0.5) is 9.59 Å². The smallest absolute Gasteiger partial charge is 0.408 e. The van der Waals surface area contributed by atoms with E-state index >= 15 is 0 Å². The quantitative estimate of drug-likeness (QED) is 0.0265. The molecule has 0 fully saturated rings. The van der Waals surface area contributed by atoms with Crippen molar-refractivity contribution in [2.24, 2.45) is 9.98 Å². The van der Waals surface area contributed by atoms with Crippen molar-refractivity contribution in [1.29, 1.82) is 0 Å². The van der Waals surface area contributed by atoms with Gasteiger partial charge in [-0.1, -0.05) is 11.8 Å². The van der Waals surface area contributed by atoms with E-state index in [1.54, 1.807) is 0 Å². The fraction of sp³-hybridized carbons (Fsp3) is 0.750. The molecule has 0 unspecified atom stereocenters. The normalized spacial score (nSPS) is 11.1. The largest absolute Gasteiger partial charge is 0.438 e. The summed E-state index contributed by atoms with van der Waals surface area (Å²) in [5.41, 5.74) is 0. The number of ether oxygens (including phenoxy) is 2. The number of thioether (sulfide) groups is 7. The van der Waals surface area contributed by atoms with E-state index in [-0.39, 0.29) is 29.7 Å². The Hall–Kier alpha value is -0.230. The molecule has 0 rings (SSSR count). The van der Waals surface area contributed by atoms with Crippen molar-refractivity contribution in [3.63, 3.8) is 0 Å². The lowest BCUT2D eigenvalue weighted by Crippen LogP contribution is -2.23. The van der Waals surface area contributed by atoms with Crippen LogP contribution >= 0.6 is 82.3 Å². The molecule has 37 heavy (non-hydrogen) atoms. The minimum atomic E-state index is -0.571. The Morgan fingerprint density at radius 2 is 1.11 bits per heavy atom. The standard InChI is InChI=1S/C16H30N4O10S7/c21-7-33-13-36-10-26-16(24)20-6-32-3-17-1-27-29-11-35-9-25-15(23)19-5-31-4-18-2-28-30-12-37-14-34-8-22/h1-2,21-22H,3-14H2,(H,19,23)(H,20,24)/b17-1+,18-2-. The Morgan fingerprint density at radius 3 is 1.62 bits per heavy atom. The number of aliphatic hydroxyl groups excluding tert-OH is 2. The predicted molar refractivity (Wildman–Crippen MR) is 157 cm³/mol. The van der Waals surface area contributed by atoms with Crippen LogP contribution in [0.15, 0.2) is 9.98 Å². The number of aliphatic imine (C=N–C) groups is 2. The van der Waals surface area contributed by atoms with E-state index < -0.39 is 12.2 Å². The Balaban J connectivity index is 3.33. The van der Waals surface area contributed by atoms with E-state index in [2.05, 4.69) is 20.6 Å². The van der Waals surface area contributed by atoms with Gasteiger partial charge in [0.25, 0.3) is 0 Å². The van der Waals surface area contributed by atoms with E-state index in [1.807, 2.05) is 0 Å². The molecule has 4 N–H and O–H groups in total. The maximum Gasteiger partial charge on any atom is 0.408 e. The van der Waals surface area contributed by atoms with Crippen molar-refractivity contribution in [3.8, 4) is 0 Å². The van der Waals surface area contributed by atoms with Gasteiger partial charge in [0.2, 0.25) is 12.8 Å². The Bertz CT molecular complexity index is 602. The highest BCUT2D eigenvalue weighted by Crippen LogP contribution is 2.11. The van der Waals surface area contributed by atoms with Gasteiger partial charge in [-0.2, -0.15) is 9.78 Å². The lowest BCUT2D eigenvalue weighted by atomic mass is 11.1. The van der Waals surface area contributed by atoms with E-state index in [9.17, 15) is 9.59 Å². The first-order chi connectivity index (χ1) is 18.2. The summed E-state index contributed by atoms with van der Waals surface area (Å²) >= 11 is 9.40. The molecule has 0 aliphatic rings. The maximum atomic E-state index is 11.5. The second-order valence-corrected chi connectivity index (χ2v) is 12.5. The Morgan fingerprint density at radius 1 is 0.649 bits per heavy atom. The average molecular weight is 663 g/mol. The van der Waals surface area contributed by atoms with Crippen LogP contribution in [0.2, 0.25) is 0 Å². The van der Waals surface area contributed by atoms with Crippen molar-refractivity contribution in [1.82, 2.24) is 10.6 Å². The molecule has 0 bridgehead atoms. The molecule has 2 amide bonds. The maximum absolute atomic E-state index is 11.5. The zero-order chi connectivity index (χ0) is 27.1. The van der Waals surface area contributed by atoms with Crippen LogP contribution < -0.4 is 10.6 Å². The number of aliphatic hydroxyl groups is 2. The second kappa shape index (κ2) is 32.0. The molecule has 0 aromatic carbocycles. The average Bonchev–Trinajstić information content (AvgIpc) is 2.89. The van der Waals surface area contributed by atoms with Gasteiger partial charge in [-0.05, 0) is 0 Å². The van der Waals surface area contributed by atoms with Crippen molar-refractivity contribution >= 4 is 107 Å². The summed E-state index contributed by atoms with van der Waals surface area (Å²) in [6, 6.07) is 0. The number of carbonyl (C=O) groups is 2. The minimum Gasteiger partial charge on any atom is -0.438 e. The topological polar surface area (TPSA) is 179 Å². The van der Waals surface area contributed by atoms with Crippen molar-refractivity contribution < 1.29 is 48.8 Å². The third-order valence-corrected chi connectivity index (χ3v) is 8.15. The molecular weight excluding hydrogens is 633 g/mol. The summed E-state index contributed by atoms with van der Waals surface area (Å²) in [5, 5.41) is 23.6. The van der Waals surface area contributed by atoms with E-state index in [1.165, 1.54) is 88.7 Å². The van der Waals surface area contributed by atoms with Crippen LogP contribution in [0.25, 0.3) is 0 Å². The molecule has 0 aliphatic heterocycles. The zero-order valence-electron chi connectivity index (χ0n) is 19.6. The van der Waals surface area contributed by atoms with Crippen LogP contribution in [0.5, 0.6) is 0 Å². The monoisotopic (exact) mass is 662 g/mol. The third-order valence-electron chi connectivity index (χ3n) is 2.67. The highest BCUT2D eigenvalue weighted by atomic mass is 32.2. The second-order valence-electron chi connectivity index (χ2n) is 5.16. The predicted octanol–water partition coefficient (Wildman–Crippen LogP) is 3.00. The van der Waals surface area contributed by atoms with Gasteiger partial charge in [0.15, 0.2) is 0 Å². The first-order valence-corrected chi connectivity index (χ1v) is 17.9. The molecule has 0 heterocycles. The van der Waals surface area contributed by atoms with E-state index in [0.29, 0.717) is 39.6 Å². The summed E-state index contributed by atoms with van der Waals surface area (Å²) in [5.74, 6) is 2.20. The van der Waals surface area contributed by atoms with Gasteiger partial charge in [-0.15, -0.1) is 70.6 Å². The SMILES string of the molecule is O=C(NCSC/N=C\OOCSCSCO)OCSCOO/C=N/CSCNC(=O)OCSCSCO. The third kappa shape index (κ3) is 31.9. The number of hydrogen-bond acceptors (Lipinski definition) is 19. The summed E-state index contributed by atoms with van der Waals surface area (Å²) in [6.45, 7) is 0. The zero-order valence-corrected chi connectivity index (χ0v) is 25.3. The fourth-order valence-corrected chi connectivity index (χ4v) is 5.04. The highest BCUT2D eigenvalue weighted by molar-refractivity contribution is 8.16. The molecule has 0 saturated carbocycles. The lowest BCUT2D eigenvalue weighted by Gasteiger charge is -2.06. The molecule has 14 nitrogen and oxygen atoms in total. The molecule has 0 aromatic rings. The number of alkyl carbamates (subject to hydrolysis) is 2. The van der Waals surface area contributed by atoms with Gasteiger partial charge < -0.3 is 40.1 Å². The molecule has 0 spiro atoms. The molecule has 0 atom stereocenters. The number of nitrogens with one attached hydrogen (secondary N) is 2. The molecule has 0 aliphatic carbocycles. The number of rotatable bonds is 26.